The maximum Gasteiger partial charge on any atom is 0.132 e. The zero-order chi connectivity index (χ0) is 13.3. The second kappa shape index (κ2) is 4.87. The second-order valence-corrected chi connectivity index (χ2v) is 6.63. The van der Waals surface area contributed by atoms with Gasteiger partial charge in [-0.15, -0.1) is 0 Å². The van der Waals surface area contributed by atoms with E-state index in [9.17, 15) is 4.79 Å². The molecule has 2 rings (SSSR count). The van der Waals surface area contributed by atoms with E-state index in [1.54, 1.807) is 0 Å². The van der Waals surface area contributed by atoms with Crippen molar-refractivity contribution in [1.29, 1.82) is 0 Å². The summed E-state index contributed by atoms with van der Waals surface area (Å²) in [5, 5.41) is 0. The maximum atomic E-state index is 11.4. The van der Waals surface area contributed by atoms with Gasteiger partial charge in [0.1, 0.15) is 5.78 Å². The summed E-state index contributed by atoms with van der Waals surface area (Å²) in [6.07, 6.45) is 3.61. The molecule has 0 spiro atoms. The summed E-state index contributed by atoms with van der Waals surface area (Å²) in [5.74, 6) is 1.03. The average molecular weight is 244 g/mol. The van der Waals surface area contributed by atoms with E-state index in [4.69, 9.17) is 0 Å². The number of hydrogen-bond acceptors (Lipinski definition) is 1. The van der Waals surface area contributed by atoms with Crippen LogP contribution in [0.3, 0.4) is 0 Å². The van der Waals surface area contributed by atoms with Gasteiger partial charge in [0.2, 0.25) is 0 Å². The summed E-state index contributed by atoms with van der Waals surface area (Å²) in [6, 6.07) is 6.86. The van der Waals surface area contributed by atoms with Crippen molar-refractivity contribution in [3.63, 3.8) is 0 Å². The molecule has 0 atom stereocenters. The van der Waals surface area contributed by atoms with Gasteiger partial charge in [-0.3, -0.25) is 4.79 Å². The number of carbonyl (C=O) groups is 1. The van der Waals surface area contributed by atoms with Crippen molar-refractivity contribution >= 4 is 5.78 Å². The van der Waals surface area contributed by atoms with Crippen molar-refractivity contribution in [2.24, 2.45) is 0 Å². The monoisotopic (exact) mass is 244 g/mol. The molecule has 1 saturated carbocycles. The van der Waals surface area contributed by atoms with Crippen LogP contribution in [-0.2, 0) is 10.2 Å². The lowest BCUT2D eigenvalue weighted by Crippen LogP contribution is -2.16. The van der Waals surface area contributed by atoms with Gasteiger partial charge in [-0.2, -0.15) is 0 Å². The Labute approximate surface area is 111 Å². The number of ketones is 1. The fourth-order valence-electron chi connectivity index (χ4n) is 2.80. The van der Waals surface area contributed by atoms with Gasteiger partial charge in [0.05, 0.1) is 0 Å². The molecular weight excluding hydrogens is 220 g/mol. The molecule has 1 aliphatic rings. The molecule has 0 aromatic heterocycles. The highest BCUT2D eigenvalue weighted by Gasteiger charge is 2.23. The molecule has 1 aromatic rings. The first-order chi connectivity index (χ1) is 8.38. The largest absolute Gasteiger partial charge is 0.300 e. The first-order valence-electron chi connectivity index (χ1n) is 7.00. The van der Waals surface area contributed by atoms with E-state index >= 15 is 0 Å². The molecule has 0 N–H and O–H groups in total. The maximum absolute atomic E-state index is 11.4. The molecular formula is C17H24O. The highest BCUT2D eigenvalue weighted by molar-refractivity contribution is 5.79. The van der Waals surface area contributed by atoms with Crippen LogP contribution in [0.4, 0.5) is 0 Å². The molecule has 0 radical (unpaired) electrons. The van der Waals surface area contributed by atoms with Gasteiger partial charge in [-0.25, -0.2) is 0 Å². The lowest BCUT2D eigenvalue weighted by atomic mass is 9.78. The van der Waals surface area contributed by atoms with Crippen molar-refractivity contribution in [3.05, 3.63) is 34.9 Å². The topological polar surface area (TPSA) is 17.1 Å². The van der Waals surface area contributed by atoms with Gasteiger partial charge >= 0.3 is 0 Å². The summed E-state index contributed by atoms with van der Waals surface area (Å²) < 4.78 is 0. The fraction of sp³-hybridized carbons (Fsp3) is 0.588. The van der Waals surface area contributed by atoms with Crippen molar-refractivity contribution in [2.75, 3.05) is 0 Å². The van der Waals surface area contributed by atoms with Crippen molar-refractivity contribution in [1.82, 2.24) is 0 Å². The number of aryl methyl sites for hydroxylation is 1. The van der Waals surface area contributed by atoms with E-state index in [-0.39, 0.29) is 5.41 Å². The molecule has 1 fully saturated rings. The van der Waals surface area contributed by atoms with Gasteiger partial charge in [0.15, 0.2) is 0 Å². The lowest BCUT2D eigenvalue weighted by Gasteiger charge is -2.26. The van der Waals surface area contributed by atoms with Gasteiger partial charge in [0, 0.05) is 12.8 Å². The van der Waals surface area contributed by atoms with Gasteiger partial charge < -0.3 is 0 Å². The molecule has 1 aliphatic carbocycles. The standard InChI is InChI=1S/C17H24O/c1-12-5-8-14(17(2,3)4)11-16(12)13-6-9-15(18)10-7-13/h5,8,11,13H,6-7,9-10H2,1-4H3. The van der Waals surface area contributed by atoms with E-state index in [1.165, 1.54) is 16.7 Å². The van der Waals surface area contributed by atoms with Gasteiger partial charge in [-0.05, 0) is 47.8 Å². The lowest BCUT2D eigenvalue weighted by molar-refractivity contribution is -0.120. The van der Waals surface area contributed by atoms with E-state index in [1.807, 2.05) is 0 Å². The molecule has 0 bridgehead atoms. The van der Waals surface area contributed by atoms with Crippen LogP contribution < -0.4 is 0 Å². The van der Waals surface area contributed by atoms with Crippen LogP contribution >= 0.6 is 0 Å². The Kier molecular flexibility index (Phi) is 3.61. The number of Topliss-reactive ketones (excluding diaryl/α,β-unsaturated/α-hetero) is 1. The van der Waals surface area contributed by atoms with Crippen LogP contribution in [-0.4, -0.2) is 5.78 Å². The smallest absolute Gasteiger partial charge is 0.132 e. The van der Waals surface area contributed by atoms with E-state index < -0.39 is 0 Å². The van der Waals surface area contributed by atoms with Crippen LogP contribution in [0.5, 0.6) is 0 Å². The zero-order valence-electron chi connectivity index (χ0n) is 12.0. The van der Waals surface area contributed by atoms with Gasteiger partial charge in [0.25, 0.3) is 0 Å². The summed E-state index contributed by atoms with van der Waals surface area (Å²) in [6.45, 7) is 8.96. The Morgan fingerprint density at radius 2 is 1.72 bits per heavy atom. The number of carbonyl (C=O) groups excluding carboxylic acids is 1. The van der Waals surface area contributed by atoms with Crippen molar-refractivity contribution in [2.45, 2.75) is 64.7 Å². The predicted molar refractivity (Wildman–Crippen MR) is 76.1 cm³/mol. The first-order valence-corrected chi connectivity index (χ1v) is 7.00. The van der Waals surface area contributed by atoms with E-state index in [0.29, 0.717) is 11.7 Å². The van der Waals surface area contributed by atoms with Crippen LogP contribution in [0.1, 0.15) is 69.1 Å². The van der Waals surface area contributed by atoms with E-state index in [0.717, 1.165) is 25.7 Å². The number of benzene rings is 1. The second-order valence-electron chi connectivity index (χ2n) is 6.63. The zero-order valence-corrected chi connectivity index (χ0v) is 12.0. The minimum Gasteiger partial charge on any atom is -0.300 e. The first kappa shape index (κ1) is 13.3. The quantitative estimate of drug-likeness (QED) is 0.710. The number of rotatable bonds is 1. The third kappa shape index (κ3) is 2.82. The van der Waals surface area contributed by atoms with Crippen LogP contribution in [0.15, 0.2) is 18.2 Å². The Morgan fingerprint density at radius 3 is 2.28 bits per heavy atom. The summed E-state index contributed by atoms with van der Waals surface area (Å²) in [7, 11) is 0. The molecule has 0 heterocycles. The Bertz CT molecular complexity index is 441. The third-order valence-corrected chi connectivity index (χ3v) is 4.13. The highest BCUT2D eigenvalue weighted by Crippen LogP contribution is 2.35. The average Bonchev–Trinajstić information content (AvgIpc) is 2.29. The molecule has 0 amide bonds. The number of hydrogen-bond donors (Lipinski definition) is 0. The fourth-order valence-corrected chi connectivity index (χ4v) is 2.80. The molecule has 1 nitrogen and oxygen atoms in total. The summed E-state index contributed by atoms with van der Waals surface area (Å²) in [4.78, 5) is 11.4. The Morgan fingerprint density at radius 1 is 1.11 bits per heavy atom. The Hall–Kier alpha value is -1.11. The predicted octanol–water partition coefficient (Wildman–Crippen LogP) is 4.52. The van der Waals surface area contributed by atoms with E-state index in [2.05, 4.69) is 45.9 Å². The molecule has 0 saturated heterocycles. The van der Waals surface area contributed by atoms with Crippen molar-refractivity contribution < 1.29 is 4.79 Å². The summed E-state index contributed by atoms with van der Waals surface area (Å²) in [5.41, 5.74) is 4.45. The molecule has 98 valence electrons. The third-order valence-electron chi connectivity index (χ3n) is 4.13. The van der Waals surface area contributed by atoms with Crippen LogP contribution in [0.25, 0.3) is 0 Å². The van der Waals surface area contributed by atoms with Crippen LogP contribution in [0.2, 0.25) is 0 Å². The SMILES string of the molecule is Cc1ccc(C(C)(C)C)cc1C1CCC(=O)CC1. The van der Waals surface area contributed by atoms with Gasteiger partial charge in [-0.1, -0.05) is 39.0 Å². The normalized spacial score (nSPS) is 18.1. The molecule has 1 heteroatoms. The molecule has 0 aliphatic heterocycles. The highest BCUT2D eigenvalue weighted by atomic mass is 16.1. The molecule has 1 aromatic carbocycles. The summed E-state index contributed by atoms with van der Waals surface area (Å²) >= 11 is 0. The molecule has 0 unspecified atom stereocenters. The van der Waals surface area contributed by atoms with Crippen molar-refractivity contribution in [3.8, 4) is 0 Å². The minimum atomic E-state index is 0.201. The minimum absolute atomic E-state index is 0.201. The van der Waals surface area contributed by atoms with Crippen LogP contribution in [0, 0.1) is 6.92 Å². The molecule has 18 heavy (non-hydrogen) atoms. The Balaban J connectivity index is 2.29.